The van der Waals surface area contributed by atoms with E-state index in [-0.39, 0.29) is 0 Å². The van der Waals surface area contributed by atoms with E-state index in [2.05, 4.69) is 124 Å². The molecule has 4 aromatic carbocycles. The molecule has 0 aliphatic carbocycles. The van der Waals surface area contributed by atoms with Crippen LogP contribution in [-0.2, 0) is 16.9 Å². The Kier molecular flexibility index (Phi) is 7.31. The quantitative estimate of drug-likeness (QED) is 0.220. The Morgan fingerprint density at radius 2 is 1.06 bits per heavy atom. The van der Waals surface area contributed by atoms with E-state index in [0.717, 1.165) is 11.0 Å². The SMILES string of the molecule is Brc1ccc(COCCNC(c2ccccc2)(c2ccccc2)c2ccccc2)cc1. The van der Waals surface area contributed by atoms with Crippen LogP contribution in [-0.4, -0.2) is 13.2 Å². The summed E-state index contributed by atoms with van der Waals surface area (Å²) in [5, 5.41) is 3.85. The standard InChI is InChI=1S/C28H26BrNO/c29-27-18-16-23(17-19-27)22-31-21-20-30-28(24-10-4-1-5-11-24,25-12-6-2-7-13-25)26-14-8-3-9-15-26/h1-19,30H,20-22H2. The van der Waals surface area contributed by atoms with Gasteiger partial charge in [0.05, 0.1) is 18.8 Å². The summed E-state index contributed by atoms with van der Waals surface area (Å²) in [7, 11) is 0. The molecule has 4 rings (SSSR count). The molecule has 0 spiro atoms. The van der Waals surface area contributed by atoms with Crippen molar-refractivity contribution in [2.45, 2.75) is 12.1 Å². The third-order valence-electron chi connectivity index (χ3n) is 5.44. The zero-order valence-electron chi connectivity index (χ0n) is 17.4. The minimum atomic E-state index is -0.454. The Bertz CT molecular complexity index is 954. The number of hydrogen-bond acceptors (Lipinski definition) is 2. The summed E-state index contributed by atoms with van der Waals surface area (Å²) in [6.45, 7) is 1.93. The molecule has 156 valence electrons. The third kappa shape index (κ3) is 5.13. The maximum Gasteiger partial charge on any atom is 0.0948 e. The van der Waals surface area contributed by atoms with Gasteiger partial charge < -0.3 is 4.74 Å². The fourth-order valence-corrected chi connectivity index (χ4v) is 4.22. The van der Waals surface area contributed by atoms with E-state index in [1.54, 1.807) is 0 Å². The second-order valence-electron chi connectivity index (χ2n) is 7.45. The predicted octanol–water partition coefficient (Wildman–Crippen LogP) is 6.55. The van der Waals surface area contributed by atoms with Crippen molar-refractivity contribution in [2.24, 2.45) is 0 Å². The monoisotopic (exact) mass is 471 g/mol. The van der Waals surface area contributed by atoms with Gasteiger partial charge in [-0.1, -0.05) is 119 Å². The van der Waals surface area contributed by atoms with Crippen LogP contribution in [0, 0.1) is 0 Å². The van der Waals surface area contributed by atoms with Crippen LogP contribution in [0.15, 0.2) is 120 Å². The molecule has 0 saturated carbocycles. The average Bonchev–Trinajstić information content (AvgIpc) is 2.84. The first-order valence-electron chi connectivity index (χ1n) is 10.5. The summed E-state index contributed by atoms with van der Waals surface area (Å²) < 4.78 is 7.06. The van der Waals surface area contributed by atoms with Crippen molar-refractivity contribution in [3.8, 4) is 0 Å². The lowest BCUT2D eigenvalue weighted by Crippen LogP contribution is -2.46. The number of nitrogens with one attached hydrogen (secondary N) is 1. The molecule has 0 aromatic heterocycles. The predicted molar refractivity (Wildman–Crippen MR) is 131 cm³/mol. The molecular formula is C28H26BrNO. The van der Waals surface area contributed by atoms with Crippen molar-refractivity contribution in [1.29, 1.82) is 0 Å². The topological polar surface area (TPSA) is 21.3 Å². The normalized spacial score (nSPS) is 11.4. The molecule has 0 saturated heterocycles. The highest BCUT2D eigenvalue weighted by molar-refractivity contribution is 9.10. The summed E-state index contributed by atoms with van der Waals surface area (Å²) in [5.74, 6) is 0. The Balaban J connectivity index is 1.58. The van der Waals surface area contributed by atoms with E-state index in [0.29, 0.717) is 13.2 Å². The van der Waals surface area contributed by atoms with Gasteiger partial charge in [-0.15, -0.1) is 0 Å². The Morgan fingerprint density at radius 1 is 0.613 bits per heavy atom. The highest BCUT2D eigenvalue weighted by atomic mass is 79.9. The molecule has 0 aliphatic heterocycles. The third-order valence-corrected chi connectivity index (χ3v) is 5.97. The highest BCUT2D eigenvalue weighted by Crippen LogP contribution is 2.36. The van der Waals surface area contributed by atoms with Crippen molar-refractivity contribution in [3.63, 3.8) is 0 Å². The van der Waals surface area contributed by atoms with Crippen molar-refractivity contribution in [1.82, 2.24) is 5.32 Å². The Hall–Kier alpha value is -2.72. The van der Waals surface area contributed by atoms with Gasteiger partial charge in [-0.2, -0.15) is 0 Å². The van der Waals surface area contributed by atoms with Crippen LogP contribution in [0.3, 0.4) is 0 Å². The van der Waals surface area contributed by atoms with Crippen molar-refractivity contribution < 1.29 is 4.74 Å². The molecule has 0 radical (unpaired) electrons. The summed E-state index contributed by atoms with van der Waals surface area (Å²) in [6, 6.07) is 40.2. The molecule has 0 aliphatic rings. The molecule has 0 unspecified atom stereocenters. The summed E-state index contributed by atoms with van der Waals surface area (Å²) >= 11 is 3.48. The average molecular weight is 472 g/mol. The van der Waals surface area contributed by atoms with Crippen molar-refractivity contribution in [2.75, 3.05) is 13.2 Å². The van der Waals surface area contributed by atoms with Gasteiger partial charge in [0.1, 0.15) is 0 Å². The number of halogens is 1. The fraction of sp³-hybridized carbons (Fsp3) is 0.143. The molecular weight excluding hydrogens is 446 g/mol. The first-order valence-corrected chi connectivity index (χ1v) is 11.3. The van der Waals surface area contributed by atoms with Crippen molar-refractivity contribution in [3.05, 3.63) is 142 Å². The second-order valence-corrected chi connectivity index (χ2v) is 8.37. The van der Waals surface area contributed by atoms with Gasteiger partial charge >= 0.3 is 0 Å². The molecule has 0 atom stereocenters. The molecule has 0 fully saturated rings. The molecule has 3 heteroatoms. The van der Waals surface area contributed by atoms with Crippen LogP contribution >= 0.6 is 15.9 Å². The first-order chi connectivity index (χ1) is 15.3. The van der Waals surface area contributed by atoms with Crippen LogP contribution in [0.2, 0.25) is 0 Å². The van der Waals surface area contributed by atoms with E-state index in [1.807, 2.05) is 12.1 Å². The van der Waals surface area contributed by atoms with E-state index >= 15 is 0 Å². The Labute approximate surface area is 193 Å². The summed E-state index contributed by atoms with van der Waals surface area (Å²) in [5.41, 5.74) is 4.34. The largest absolute Gasteiger partial charge is 0.375 e. The van der Waals surface area contributed by atoms with Gasteiger partial charge in [0, 0.05) is 11.0 Å². The lowest BCUT2D eigenvalue weighted by atomic mass is 9.77. The van der Waals surface area contributed by atoms with E-state index < -0.39 is 5.54 Å². The molecule has 2 nitrogen and oxygen atoms in total. The molecule has 4 aromatic rings. The zero-order valence-corrected chi connectivity index (χ0v) is 19.0. The molecule has 0 bridgehead atoms. The summed E-state index contributed by atoms with van der Waals surface area (Å²) in [6.07, 6.45) is 0. The van der Waals surface area contributed by atoms with Gasteiger partial charge in [-0.3, -0.25) is 5.32 Å². The van der Waals surface area contributed by atoms with Gasteiger partial charge in [-0.05, 0) is 34.4 Å². The summed E-state index contributed by atoms with van der Waals surface area (Å²) in [4.78, 5) is 0. The molecule has 31 heavy (non-hydrogen) atoms. The lowest BCUT2D eigenvalue weighted by molar-refractivity contribution is 0.119. The maximum atomic E-state index is 5.98. The number of rotatable bonds is 9. The molecule has 1 N–H and O–H groups in total. The maximum absolute atomic E-state index is 5.98. The lowest BCUT2D eigenvalue weighted by Gasteiger charge is -2.37. The van der Waals surface area contributed by atoms with Crippen molar-refractivity contribution >= 4 is 15.9 Å². The second kappa shape index (κ2) is 10.5. The van der Waals surface area contributed by atoms with Gasteiger partial charge in [0.2, 0.25) is 0 Å². The first kappa shape index (κ1) is 21.5. The van der Waals surface area contributed by atoms with E-state index in [1.165, 1.54) is 22.3 Å². The van der Waals surface area contributed by atoms with Crippen LogP contribution in [0.25, 0.3) is 0 Å². The van der Waals surface area contributed by atoms with Crippen LogP contribution in [0.4, 0.5) is 0 Å². The smallest absolute Gasteiger partial charge is 0.0948 e. The number of benzene rings is 4. The minimum absolute atomic E-state index is 0.454. The number of hydrogen-bond donors (Lipinski definition) is 1. The van der Waals surface area contributed by atoms with E-state index in [9.17, 15) is 0 Å². The molecule has 0 amide bonds. The van der Waals surface area contributed by atoms with E-state index in [4.69, 9.17) is 4.74 Å². The fourth-order valence-electron chi connectivity index (χ4n) is 3.95. The minimum Gasteiger partial charge on any atom is -0.375 e. The highest BCUT2D eigenvalue weighted by Gasteiger charge is 2.35. The zero-order chi connectivity index (χ0) is 21.4. The van der Waals surface area contributed by atoms with Gasteiger partial charge in [0.25, 0.3) is 0 Å². The number of ether oxygens (including phenoxy) is 1. The van der Waals surface area contributed by atoms with Crippen LogP contribution in [0.1, 0.15) is 22.3 Å². The van der Waals surface area contributed by atoms with Crippen LogP contribution < -0.4 is 5.32 Å². The Morgan fingerprint density at radius 3 is 1.52 bits per heavy atom. The van der Waals surface area contributed by atoms with Gasteiger partial charge in [-0.25, -0.2) is 0 Å². The van der Waals surface area contributed by atoms with Crippen LogP contribution in [0.5, 0.6) is 0 Å². The van der Waals surface area contributed by atoms with Gasteiger partial charge in [0.15, 0.2) is 0 Å². The molecule has 0 heterocycles.